The molecule has 0 spiro atoms. The molecule has 1 saturated heterocycles. The van der Waals surface area contributed by atoms with Crippen LogP contribution in [0.25, 0.3) is 0 Å². The molecule has 0 bridgehead atoms. The molecule has 112 valence electrons. The average Bonchev–Trinajstić information content (AvgIpc) is 2.48. The van der Waals surface area contributed by atoms with Crippen LogP contribution in [0, 0.1) is 0 Å². The van der Waals surface area contributed by atoms with Gasteiger partial charge in [0, 0.05) is 12.6 Å². The number of nitrogens with one attached hydrogen (secondary N) is 1. The summed E-state index contributed by atoms with van der Waals surface area (Å²) in [5.41, 5.74) is 1.10. The van der Waals surface area contributed by atoms with Crippen LogP contribution in [-0.4, -0.2) is 25.3 Å². The Hall–Kier alpha value is -0.280. The lowest BCUT2D eigenvalue weighted by atomic mass is 9.96. The maximum absolute atomic E-state index is 6.31. The first kappa shape index (κ1) is 16.1. The van der Waals surface area contributed by atoms with Crippen LogP contribution in [0.15, 0.2) is 18.2 Å². The topological polar surface area (TPSA) is 21.3 Å². The summed E-state index contributed by atoms with van der Waals surface area (Å²) in [6, 6.07) is 6.16. The zero-order valence-electron chi connectivity index (χ0n) is 12.0. The molecule has 4 heteroatoms. The Kier molecular flexibility index (Phi) is 6.63. The lowest BCUT2D eigenvalue weighted by Crippen LogP contribution is -2.44. The lowest BCUT2D eigenvalue weighted by molar-refractivity contribution is -0.00737. The highest BCUT2D eigenvalue weighted by Crippen LogP contribution is 2.28. The molecule has 2 unspecified atom stereocenters. The number of hydrogen-bond acceptors (Lipinski definition) is 2. The van der Waals surface area contributed by atoms with Crippen LogP contribution < -0.4 is 5.32 Å². The Bertz CT molecular complexity index is 419. The zero-order chi connectivity index (χ0) is 14.4. The predicted molar refractivity (Wildman–Crippen MR) is 85.8 cm³/mol. The van der Waals surface area contributed by atoms with Crippen LogP contribution in [0.4, 0.5) is 0 Å². The van der Waals surface area contributed by atoms with Crippen LogP contribution in [0.1, 0.15) is 38.2 Å². The summed E-state index contributed by atoms with van der Waals surface area (Å²) in [4.78, 5) is 0. The van der Waals surface area contributed by atoms with E-state index in [4.69, 9.17) is 27.9 Å². The van der Waals surface area contributed by atoms with Crippen LogP contribution in [-0.2, 0) is 11.2 Å². The molecule has 0 aromatic heterocycles. The summed E-state index contributed by atoms with van der Waals surface area (Å²) in [6.07, 6.45) is 5.81. The summed E-state index contributed by atoms with van der Waals surface area (Å²) >= 11 is 12.4. The zero-order valence-corrected chi connectivity index (χ0v) is 13.5. The largest absolute Gasteiger partial charge is 0.377 e. The standard InChI is InChI=1S/C16H23Cl2NO/c1-2-9-19-14(15-8-3-4-10-20-15)11-12-6-5-7-13(17)16(12)18/h5-7,14-15,19H,2-4,8-11H2,1H3. The van der Waals surface area contributed by atoms with E-state index in [2.05, 4.69) is 18.3 Å². The highest BCUT2D eigenvalue weighted by molar-refractivity contribution is 6.42. The Morgan fingerprint density at radius 2 is 2.20 bits per heavy atom. The molecule has 2 nitrogen and oxygen atoms in total. The summed E-state index contributed by atoms with van der Waals surface area (Å²) in [7, 11) is 0. The molecule has 0 amide bonds. The van der Waals surface area contributed by atoms with Crippen molar-refractivity contribution < 1.29 is 4.74 Å². The molecule has 1 aliphatic rings. The molecule has 0 radical (unpaired) electrons. The second-order valence-electron chi connectivity index (χ2n) is 5.38. The first-order valence-corrected chi connectivity index (χ1v) is 8.26. The average molecular weight is 316 g/mol. The van der Waals surface area contributed by atoms with E-state index < -0.39 is 0 Å². The van der Waals surface area contributed by atoms with Gasteiger partial charge in [-0.25, -0.2) is 0 Å². The van der Waals surface area contributed by atoms with E-state index in [-0.39, 0.29) is 6.10 Å². The molecule has 1 aromatic rings. The molecule has 0 saturated carbocycles. The Morgan fingerprint density at radius 1 is 1.35 bits per heavy atom. The van der Waals surface area contributed by atoms with Crippen molar-refractivity contribution in [2.24, 2.45) is 0 Å². The van der Waals surface area contributed by atoms with Gasteiger partial charge in [-0.15, -0.1) is 0 Å². The predicted octanol–water partition coefficient (Wildman–Crippen LogP) is 4.47. The van der Waals surface area contributed by atoms with Gasteiger partial charge in [-0.05, 0) is 50.3 Å². The molecule has 1 N–H and O–H groups in total. The number of halogens is 2. The van der Waals surface area contributed by atoms with Gasteiger partial charge in [0.15, 0.2) is 0 Å². The summed E-state index contributed by atoms with van der Waals surface area (Å²) < 4.78 is 5.94. The normalized spacial score (nSPS) is 20.9. The first-order valence-electron chi connectivity index (χ1n) is 7.50. The third-order valence-electron chi connectivity index (χ3n) is 3.79. The van der Waals surface area contributed by atoms with Crippen molar-refractivity contribution >= 4 is 23.2 Å². The van der Waals surface area contributed by atoms with Gasteiger partial charge in [0.05, 0.1) is 16.1 Å². The third kappa shape index (κ3) is 4.36. The molecule has 1 aliphatic heterocycles. The first-order chi connectivity index (χ1) is 9.72. The highest BCUT2D eigenvalue weighted by Gasteiger charge is 2.25. The van der Waals surface area contributed by atoms with Gasteiger partial charge in [-0.3, -0.25) is 0 Å². The van der Waals surface area contributed by atoms with Crippen molar-refractivity contribution in [3.63, 3.8) is 0 Å². The van der Waals surface area contributed by atoms with Crippen LogP contribution in [0.3, 0.4) is 0 Å². The second-order valence-corrected chi connectivity index (χ2v) is 6.17. The quantitative estimate of drug-likeness (QED) is 0.836. The third-order valence-corrected chi connectivity index (χ3v) is 4.65. The van der Waals surface area contributed by atoms with Gasteiger partial charge in [-0.1, -0.05) is 42.3 Å². The maximum atomic E-state index is 6.31. The van der Waals surface area contributed by atoms with Crippen molar-refractivity contribution in [3.8, 4) is 0 Å². The summed E-state index contributed by atoms with van der Waals surface area (Å²) in [5.74, 6) is 0. The highest BCUT2D eigenvalue weighted by atomic mass is 35.5. The molecular weight excluding hydrogens is 293 g/mol. The second kappa shape index (κ2) is 8.23. The monoisotopic (exact) mass is 315 g/mol. The minimum absolute atomic E-state index is 0.283. The van der Waals surface area contributed by atoms with E-state index in [0.717, 1.165) is 38.0 Å². The number of benzene rings is 1. The fraction of sp³-hybridized carbons (Fsp3) is 0.625. The number of ether oxygens (including phenoxy) is 1. The Morgan fingerprint density at radius 3 is 2.90 bits per heavy atom. The summed E-state index contributed by atoms with van der Waals surface area (Å²) in [6.45, 7) is 4.05. The van der Waals surface area contributed by atoms with E-state index >= 15 is 0 Å². The smallest absolute Gasteiger partial charge is 0.0731 e. The van der Waals surface area contributed by atoms with Crippen molar-refractivity contribution in [1.29, 1.82) is 0 Å². The van der Waals surface area contributed by atoms with Crippen molar-refractivity contribution in [2.75, 3.05) is 13.2 Å². The molecule has 20 heavy (non-hydrogen) atoms. The van der Waals surface area contributed by atoms with Crippen LogP contribution >= 0.6 is 23.2 Å². The van der Waals surface area contributed by atoms with Gasteiger partial charge in [0.25, 0.3) is 0 Å². The molecule has 2 rings (SSSR count). The van der Waals surface area contributed by atoms with Crippen molar-refractivity contribution in [3.05, 3.63) is 33.8 Å². The minimum atomic E-state index is 0.283. The SMILES string of the molecule is CCCNC(Cc1cccc(Cl)c1Cl)C1CCCCO1. The van der Waals surface area contributed by atoms with Crippen molar-refractivity contribution in [2.45, 2.75) is 51.2 Å². The number of hydrogen-bond donors (Lipinski definition) is 1. The summed E-state index contributed by atoms with van der Waals surface area (Å²) in [5, 5.41) is 4.91. The molecular formula is C16H23Cl2NO. The number of rotatable bonds is 6. The molecule has 2 atom stereocenters. The Balaban J connectivity index is 2.07. The van der Waals surface area contributed by atoms with E-state index in [0.29, 0.717) is 16.1 Å². The minimum Gasteiger partial charge on any atom is -0.377 e. The Labute approximate surface area is 131 Å². The van der Waals surface area contributed by atoms with Crippen LogP contribution in [0.2, 0.25) is 10.0 Å². The molecule has 1 aromatic carbocycles. The molecule has 1 fully saturated rings. The maximum Gasteiger partial charge on any atom is 0.0731 e. The van der Waals surface area contributed by atoms with Gasteiger partial charge >= 0.3 is 0 Å². The van der Waals surface area contributed by atoms with Crippen LogP contribution in [0.5, 0.6) is 0 Å². The molecule has 1 heterocycles. The fourth-order valence-electron chi connectivity index (χ4n) is 2.69. The lowest BCUT2D eigenvalue weighted by Gasteiger charge is -2.31. The fourth-order valence-corrected chi connectivity index (χ4v) is 3.09. The van der Waals surface area contributed by atoms with E-state index in [1.165, 1.54) is 12.8 Å². The van der Waals surface area contributed by atoms with E-state index in [9.17, 15) is 0 Å². The van der Waals surface area contributed by atoms with Gasteiger partial charge in [-0.2, -0.15) is 0 Å². The van der Waals surface area contributed by atoms with E-state index in [1.807, 2.05) is 12.1 Å². The van der Waals surface area contributed by atoms with Gasteiger partial charge in [0.2, 0.25) is 0 Å². The molecule has 0 aliphatic carbocycles. The van der Waals surface area contributed by atoms with Gasteiger partial charge in [0.1, 0.15) is 0 Å². The van der Waals surface area contributed by atoms with E-state index in [1.54, 1.807) is 0 Å². The van der Waals surface area contributed by atoms with Gasteiger partial charge < -0.3 is 10.1 Å². The van der Waals surface area contributed by atoms with Crippen molar-refractivity contribution in [1.82, 2.24) is 5.32 Å².